The monoisotopic (exact) mass is 573 g/mol. The molecular formula is C31H29F2N5O4. The summed E-state index contributed by atoms with van der Waals surface area (Å²) in [7, 11) is 0. The van der Waals surface area contributed by atoms with Gasteiger partial charge in [-0.1, -0.05) is 6.07 Å². The highest BCUT2D eigenvalue weighted by Gasteiger charge is 2.75. The Bertz CT molecular complexity index is 1720. The van der Waals surface area contributed by atoms with Crippen LogP contribution in [-0.4, -0.2) is 67.4 Å². The number of ether oxygens (including phenoxy) is 2. The van der Waals surface area contributed by atoms with Crippen LogP contribution in [0.4, 0.5) is 14.6 Å². The Labute approximate surface area is 240 Å². The van der Waals surface area contributed by atoms with Crippen molar-refractivity contribution in [1.82, 2.24) is 19.4 Å². The van der Waals surface area contributed by atoms with Gasteiger partial charge in [-0.05, 0) is 55.7 Å². The van der Waals surface area contributed by atoms with Gasteiger partial charge in [0.1, 0.15) is 29.9 Å². The fourth-order valence-electron chi connectivity index (χ4n) is 7.20. The number of anilines is 1. The van der Waals surface area contributed by atoms with E-state index < -0.39 is 17.6 Å². The summed E-state index contributed by atoms with van der Waals surface area (Å²) in [6.07, 6.45) is 3.27. The van der Waals surface area contributed by atoms with Gasteiger partial charge in [-0.25, -0.2) is 18.6 Å². The van der Waals surface area contributed by atoms with Crippen molar-refractivity contribution in [3.8, 4) is 5.88 Å². The first-order chi connectivity index (χ1) is 20.4. The minimum absolute atomic E-state index is 0.0341. The number of piperazine rings is 1. The number of aromatic carboxylic acids is 1. The van der Waals surface area contributed by atoms with Crippen molar-refractivity contribution in [2.45, 2.75) is 62.7 Å². The number of carbonyl (C=O) groups is 1. The fraction of sp³-hybridized carbons (Fsp3) is 0.387. The molecule has 0 bridgehead atoms. The molecule has 4 aromatic rings. The first kappa shape index (κ1) is 25.6. The Morgan fingerprint density at radius 3 is 2.69 bits per heavy atom. The lowest BCUT2D eigenvalue weighted by atomic mass is 9.52. The highest BCUT2D eigenvalue weighted by atomic mass is 19.1. The maximum absolute atomic E-state index is 14.0. The first-order valence-corrected chi connectivity index (χ1v) is 14.3. The van der Waals surface area contributed by atoms with Crippen LogP contribution >= 0.6 is 0 Å². The van der Waals surface area contributed by atoms with Gasteiger partial charge < -0.3 is 24.0 Å². The Kier molecular flexibility index (Phi) is 5.77. The molecule has 3 aliphatic heterocycles. The molecule has 4 atom stereocenters. The summed E-state index contributed by atoms with van der Waals surface area (Å²) in [5.41, 5.74) is 2.19. The molecule has 5 heterocycles. The van der Waals surface area contributed by atoms with Crippen molar-refractivity contribution >= 4 is 22.8 Å². The third kappa shape index (κ3) is 3.83. The maximum Gasteiger partial charge on any atom is 0.335 e. The number of pyridine rings is 1. The number of imidazole rings is 1. The van der Waals surface area contributed by atoms with Crippen LogP contribution in [0.2, 0.25) is 0 Å². The van der Waals surface area contributed by atoms with Crippen LogP contribution in [0.15, 0.2) is 54.6 Å². The molecular weight excluding hydrogens is 544 g/mol. The zero-order valence-electron chi connectivity index (χ0n) is 22.7. The number of carboxylic acid groups (broad SMARTS) is 1. The molecule has 2 aromatic carbocycles. The molecule has 9 nitrogen and oxygen atoms in total. The second-order valence-electron chi connectivity index (χ2n) is 11.6. The van der Waals surface area contributed by atoms with Gasteiger partial charge in [0, 0.05) is 36.9 Å². The predicted octanol–water partition coefficient (Wildman–Crippen LogP) is 4.38. The molecule has 3 saturated heterocycles. The lowest BCUT2D eigenvalue weighted by molar-refractivity contribution is -0.192. The SMILES string of the molecule is O=C(O)c1ccc2nc(CN3C4CCC45C3CN5c3cccc(OCc4ccc(F)cc4F)n3)n(C[C@@H]3CCO3)c2c1. The van der Waals surface area contributed by atoms with Crippen LogP contribution in [0.3, 0.4) is 0 Å². The number of hydrogen-bond acceptors (Lipinski definition) is 7. The van der Waals surface area contributed by atoms with Gasteiger partial charge >= 0.3 is 5.97 Å². The van der Waals surface area contributed by atoms with E-state index in [1.807, 2.05) is 12.1 Å². The number of halogens is 2. The van der Waals surface area contributed by atoms with Crippen molar-refractivity contribution < 1.29 is 28.2 Å². The molecule has 4 aliphatic rings. The van der Waals surface area contributed by atoms with Crippen LogP contribution in [0.5, 0.6) is 5.88 Å². The summed E-state index contributed by atoms with van der Waals surface area (Å²) in [6, 6.07) is 14.9. The summed E-state index contributed by atoms with van der Waals surface area (Å²) >= 11 is 0. The number of likely N-dealkylation sites (tertiary alicyclic amines) is 1. The Hall–Kier alpha value is -4.09. The largest absolute Gasteiger partial charge is 0.478 e. The quantitative estimate of drug-likeness (QED) is 0.316. The number of benzene rings is 2. The lowest BCUT2D eigenvalue weighted by Crippen LogP contribution is -2.96. The Morgan fingerprint density at radius 1 is 1.10 bits per heavy atom. The third-order valence-electron chi connectivity index (χ3n) is 9.58. The molecule has 1 N–H and O–H groups in total. The number of rotatable bonds is 9. The zero-order valence-corrected chi connectivity index (χ0v) is 22.7. The van der Waals surface area contributed by atoms with Gasteiger partial charge in [0.05, 0.1) is 47.4 Å². The molecule has 216 valence electrons. The van der Waals surface area contributed by atoms with E-state index in [1.165, 1.54) is 12.1 Å². The van der Waals surface area contributed by atoms with Crippen molar-refractivity contribution in [2.24, 2.45) is 0 Å². The second-order valence-corrected chi connectivity index (χ2v) is 11.6. The van der Waals surface area contributed by atoms with Crippen LogP contribution in [0.1, 0.15) is 41.0 Å². The molecule has 11 heteroatoms. The number of nitrogens with zero attached hydrogens (tertiary/aromatic N) is 5. The minimum atomic E-state index is -0.951. The van der Waals surface area contributed by atoms with Crippen molar-refractivity contribution in [1.29, 1.82) is 0 Å². The standard InChI is InChI=1S/C31H29F2N5O4/c32-20-6-4-19(22(33)13-20)17-42-29-3-1-2-27(35-29)38-15-26-31(38)10-8-25(31)37(26)16-28-34-23-7-5-18(30(39)40)12-24(23)36(28)14-21-9-11-41-21/h1-7,12-13,21,25-26H,8-11,14-17H2,(H,39,40)/t21-,25?,26?,31?/m0/s1. The lowest BCUT2D eigenvalue weighted by Gasteiger charge is -2.80. The number of piperidine rings is 1. The Morgan fingerprint density at radius 2 is 1.98 bits per heavy atom. The molecule has 1 spiro atoms. The van der Waals surface area contributed by atoms with Crippen molar-refractivity contribution in [3.05, 3.63) is 83.2 Å². The van der Waals surface area contributed by atoms with Crippen LogP contribution in [0.25, 0.3) is 11.0 Å². The van der Waals surface area contributed by atoms with Crippen LogP contribution < -0.4 is 9.64 Å². The highest BCUT2D eigenvalue weighted by Crippen LogP contribution is 2.61. The molecule has 4 fully saturated rings. The topological polar surface area (TPSA) is 93.0 Å². The van der Waals surface area contributed by atoms with Crippen molar-refractivity contribution in [2.75, 3.05) is 18.1 Å². The van der Waals surface area contributed by atoms with E-state index in [2.05, 4.69) is 14.4 Å². The van der Waals surface area contributed by atoms with E-state index in [-0.39, 0.29) is 29.4 Å². The maximum atomic E-state index is 14.0. The van der Waals surface area contributed by atoms with Gasteiger partial charge in [0.2, 0.25) is 5.88 Å². The molecule has 3 unspecified atom stereocenters. The van der Waals surface area contributed by atoms with Crippen LogP contribution in [-0.2, 0) is 24.4 Å². The number of fused-ring (bicyclic) bond motifs is 1. The van der Waals surface area contributed by atoms with E-state index >= 15 is 0 Å². The van der Waals surface area contributed by atoms with Gasteiger partial charge in [-0.2, -0.15) is 4.98 Å². The van der Waals surface area contributed by atoms with E-state index in [4.69, 9.17) is 19.4 Å². The number of carboxylic acids is 1. The summed E-state index contributed by atoms with van der Waals surface area (Å²) in [6.45, 7) is 2.90. The first-order valence-electron chi connectivity index (χ1n) is 14.3. The molecule has 8 rings (SSSR count). The summed E-state index contributed by atoms with van der Waals surface area (Å²) in [4.78, 5) is 26.2. The zero-order chi connectivity index (χ0) is 28.6. The summed E-state index contributed by atoms with van der Waals surface area (Å²) in [5.74, 6) is -0.0426. The van der Waals surface area contributed by atoms with E-state index in [9.17, 15) is 18.7 Å². The van der Waals surface area contributed by atoms with Gasteiger partial charge in [-0.3, -0.25) is 4.90 Å². The summed E-state index contributed by atoms with van der Waals surface area (Å²) < 4.78 is 40.9. The second kappa shape index (κ2) is 9.47. The number of aromatic nitrogens is 3. The average molecular weight is 574 g/mol. The minimum Gasteiger partial charge on any atom is -0.478 e. The molecule has 0 amide bonds. The van der Waals surface area contributed by atoms with E-state index in [0.29, 0.717) is 31.1 Å². The van der Waals surface area contributed by atoms with Gasteiger partial charge in [0.25, 0.3) is 0 Å². The van der Waals surface area contributed by atoms with Crippen molar-refractivity contribution in [3.63, 3.8) is 0 Å². The van der Waals surface area contributed by atoms with E-state index in [0.717, 1.165) is 61.2 Å². The molecule has 1 saturated carbocycles. The average Bonchev–Trinajstić information content (AvgIpc) is 3.25. The predicted molar refractivity (Wildman–Crippen MR) is 148 cm³/mol. The smallest absolute Gasteiger partial charge is 0.335 e. The number of hydrogen-bond donors (Lipinski definition) is 1. The van der Waals surface area contributed by atoms with E-state index in [1.54, 1.807) is 24.3 Å². The van der Waals surface area contributed by atoms with Gasteiger partial charge in [0.15, 0.2) is 0 Å². The third-order valence-corrected chi connectivity index (χ3v) is 9.58. The normalized spacial score (nSPS) is 26.0. The highest BCUT2D eigenvalue weighted by molar-refractivity contribution is 5.92. The fourth-order valence-corrected chi connectivity index (χ4v) is 7.20. The van der Waals surface area contributed by atoms with Gasteiger partial charge in [-0.15, -0.1) is 0 Å². The molecule has 1 aliphatic carbocycles. The molecule has 42 heavy (non-hydrogen) atoms. The molecule has 2 aromatic heterocycles. The Balaban J connectivity index is 0.995. The van der Waals surface area contributed by atoms with Crippen LogP contribution in [0, 0.1) is 11.6 Å². The molecule has 0 radical (unpaired) electrons. The summed E-state index contributed by atoms with van der Waals surface area (Å²) in [5, 5.41) is 9.55.